The zero-order chi connectivity index (χ0) is 20.6. The Morgan fingerprint density at radius 2 is 2.00 bits per heavy atom. The summed E-state index contributed by atoms with van der Waals surface area (Å²) in [6.07, 6.45) is 0. The third-order valence-corrected chi connectivity index (χ3v) is 5.25. The van der Waals surface area contributed by atoms with Crippen LogP contribution < -0.4 is 14.8 Å². The lowest BCUT2D eigenvalue weighted by Crippen LogP contribution is -2.15. The molecule has 0 spiro atoms. The number of halogens is 1. The highest BCUT2D eigenvalue weighted by Crippen LogP contribution is 2.27. The Labute approximate surface area is 178 Å². The fraction of sp³-hybridized carbons (Fsp3) is 0.250. The lowest BCUT2D eigenvalue weighted by atomic mass is 10.3. The number of anilines is 1. The van der Waals surface area contributed by atoms with E-state index in [0.29, 0.717) is 40.6 Å². The molecule has 0 atom stereocenters. The van der Waals surface area contributed by atoms with Crippen molar-refractivity contribution in [3.63, 3.8) is 0 Å². The van der Waals surface area contributed by atoms with E-state index in [1.54, 1.807) is 25.3 Å². The maximum absolute atomic E-state index is 12.3. The standard InChI is InChI=1S/C20H21ClN4O3S/c1-3-25-18(12-28-15-7-5-4-6-8-15)23-24-20(25)29-13-19(26)22-14-9-10-17(27-2)16(21)11-14/h4-11H,3,12-13H2,1-2H3,(H,22,26). The van der Waals surface area contributed by atoms with E-state index in [0.717, 1.165) is 5.75 Å². The summed E-state index contributed by atoms with van der Waals surface area (Å²) in [7, 11) is 1.54. The van der Waals surface area contributed by atoms with Crippen LogP contribution in [0.2, 0.25) is 5.02 Å². The van der Waals surface area contributed by atoms with Gasteiger partial charge in [-0.15, -0.1) is 10.2 Å². The second kappa shape index (κ2) is 10.2. The average Bonchev–Trinajstić information content (AvgIpc) is 3.13. The van der Waals surface area contributed by atoms with Crippen LogP contribution in [0.25, 0.3) is 0 Å². The summed E-state index contributed by atoms with van der Waals surface area (Å²) in [5.41, 5.74) is 0.607. The normalized spacial score (nSPS) is 10.6. The van der Waals surface area contributed by atoms with Crippen LogP contribution in [-0.2, 0) is 17.9 Å². The molecule has 0 unspecified atom stereocenters. The van der Waals surface area contributed by atoms with Gasteiger partial charge in [0, 0.05) is 12.2 Å². The van der Waals surface area contributed by atoms with E-state index in [4.69, 9.17) is 21.1 Å². The van der Waals surface area contributed by atoms with E-state index in [2.05, 4.69) is 15.5 Å². The molecule has 0 radical (unpaired) electrons. The number of aromatic nitrogens is 3. The number of rotatable bonds is 9. The average molecular weight is 433 g/mol. The van der Waals surface area contributed by atoms with Crippen molar-refractivity contribution in [1.82, 2.24) is 14.8 Å². The summed E-state index contributed by atoms with van der Waals surface area (Å²) in [4.78, 5) is 12.3. The zero-order valence-electron chi connectivity index (χ0n) is 16.1. The molecular formula is C20H21ClN4O3S. The van der Waals surface area contributed by atoms with Crippen molar-refractivity contribution < 1.29 is 14.3 Å². The molecule has 1 aromatic heterocycles. The van der Waals surface area contributed by atoms with E-state index >= 15 is 0 Å². The van der Waals surface area contributed by atoms with Gasteiger partial charge in [0.05, 0.1) is 17.9 Å². The third-order valence-electron chi connectivity index (χ3n) is 3.99. The van der Waals surface area contributed by atoms with E-state index < -0.39 is 0 Å². The summed E-state index contributed by atoms with van der Waals surface area (Å²) in [5, 5.41) is 12.3. The van der Waals surface area contributed by atoms with Gasteiger partial charge in [0.2, 0.25) is 5.91 Å². The highest BCUT2D eigenvalue weighted by molar-refractivity contribution is 7.99. The van der Waals surface area contributed by atoms with Gasteiger partial charge in [0.15, 0.2) is 11.0 Å². The van der Waals surface area contributed by atoms with Crippen LogP contribution in [0.4, 0.5) is 5.69 Å². The molecule has 0 aliphatic rings. The minimum Gasteiger partial charge on any atom is -0.495 e. The lowest BCUT2D eigenvalue weighted by molar-refractivity contribution is -0.113. The van der Waals surface area contributed by atoms with Crippen LogP contribution in [0.5, 0.6) is 11.5 Å². The molecule has 0 aliphatic heterocycles. The maximum atomic E-state index is 12.3. The number of amides is 1. The molecule has 2 aromatic carbocycles. The number of para-hydroxylation sites is 1. The Morgan fingerprint density at radius 3 is 2.69 bits per heavy atom. The van der Waals surface area contributed by atoms with E-state index in [-0.39, 0.29) is 11.7 Å². The molecule has 29 heavy (non-hydrogen) atoms. The summed E-state index contributed by atoms with van der Waals surface area (Å²) in [5.74, 6) is 2.07. The molecule has 0 fully saturated rings. The molecule has 9 heteroatoms. The monoisotopic (exact) mass is 432 g/mol. The molecular weight excluding hydrogens is 412 g/mol. The summed E-state index contributed by atoms with van der Waals surface area (Å²) in [6, 6.07) is 14.6. The van der Waals surface area contributed by atoms with Gasteiger partial charge >= 0.3 is 0 Å². The molecule has 0 saturated heterocycles. The highest BCUT2D eigenvalue weighted by Gasteiger charge is 2.14. The largest absolute Gasteiger partial charge is 0.495 e. The number of carbonyl (C=O) groups excluding carboxylic acids is 1. The molecule has 1 N–H and O–H groups in total. The van der Waals surface area contributed by atoms with Gasteiger partial charge in [-0.1, -0.05) is 41.6 Å². The predicted octanol–water partition coefficient (Wildman–Crippen LogP) is 4.27. The molecule has 0 bridgehead atoms. The lowest BCUT2D eigenvalue weighted by Gasteiger charge is -2.09. The molecule has 3 aromatic rings. The second-order valence-electron chi connectivity index (χ2n) is 5.93. The highest BCUT2D eigenvalue weighted by atomic mass is 35.5. The van der Waals surface area contributed by atoms with Gasteiger partial charge < -0.3 is 19.4 Å². The van der Waals surface area contributed by atoms with Gasteiger partial charge in [0.1, 0.15) is 18.1 Å². The molecule has 1 amide bonds. The molecule has 0 aliphatic carbocycles. The van der Waals surface area contributed by atoms with Crippen molar-refractivity contribution in [3.05, 3.63) is 59.4 Å². The topological polar surface area (TPSA) is 78.3 Å². The zero-order valence-corrected chi connectivity index (χ0v) is 17.7. The summed E-state index contributed by atoms with van der Waals surface area (Å²) >= 11 is 7.40. The number of thioether (sulfide) groups is 1. The van der Waals surface area contributed by atoms with Crippen molar-refractivity contribution in [3.8, 4) is 11.5 Å². The molecule has 3 rings (SSSR count). The second-order valence-corrected chi connectivity index (χ2v) is 7.28. The van der Waals surface area contributed by atoms with Crippen molar-refractivity contribution in [2.45, 2.75) is 25.2 Å². The van der Waals surface area contributed by atoms with Gasteiger partial charge in [-0.05, 0) is 37.3 Å². The van der Waals surface area contributed by atoms with Crippen LogP contribution in [0.15, 0.2) is 53.7 Å². The van der Waals surface area contributed by atoms with Gasteiger partial charge in [-0.2, -0.15) is 0 Å². The van der Waals surface area contributed by atoms with Crippen LogP contribution in [0.3, 0.4) is 0 Å². The van der Waals surface area contributed by atoms with Crippen molar-refractivity contribution in [2.24, 2.45) is 0 Å². The van der Waals surface area contributed by atoms with E-state index in [9.17, 15) is 4.79 Å². The first-order valence-corrected chi connectivity index (χ1v) is 10.3. The third kappa shape index (κ3) is 5.65. The first kappa shape index (κ1) is 21.0. The summed E-state index contributed by atoms with van der Waals surface area (Å²) < 4.78 is 12.8. The Hall–Kier alpha value is -2.71. The number of nitrogens with one attached hydrogen (secondary N) is 1. The predicted molar refractivity (Wildman–Crippen MR) is 114 cm³/mol. The van der Waals surface area contributed by atoms with Crippen LogP contribution >= 0.6 is 23.4 Å². The van der Waals surface area contributed by atoms with Gasteiger partial charge in [-0.25, -0.2) is 0 Å². The van der Waals surface area contributed by atoms with E-state index in [1.165, 1.54) is 11.8 Å². The van der Waals surface area contributed by atoms with Gasteiger partial charge in [-0.3, -0.25) is 4.79 Å². The molecule has 0 saturated carbocycles. The first-order valence-electron chi connectivity index (χ1n) is 8.96. The number of carbonyl (C=O) groups is 1. The minimum atomic E-state index is -0.163. The molecule has 1 heterocycles. The Morgan fingerprint density at radius 1 is 1.21 bits per heavy atom. The quantitative estimate of drug-likeness (QED) is 0.509. The number of hydrogen-bond acceptors (Lipinski definition) is 6. The fourth-order valence-electron chi connectivity index (χ4n) is 2.59. The molecule has 152 valence electrons. The van der Waals surface area contributed by atoms with Crippen molar-refractivity contribution >= 4 is 35.0 Å². The minimum absolute atomic E-state index is 0.163. The van der Waals surface area contributed by atoms with Crippen molar-refractivity contribution in [1.29, 1.82) is 0 Å². The Balaban J connectivity index is 1.56. The molecule has 7 nitrogen and oxygen atoms in total. The number of hydrogen-bond donors (Lipinski definition) is 1. The number of methoxy groups -OCH3 is 1. The summed E-state index contributed by atoms with van der Waals surface area (Å²) in [6.45, 7) is 2.99. The number of ether oxygens (including phenoxy) is 2. The number of nitrogens with zero attached hydrogens (tertiary/aromatic N) is 3. The SMILES string of the molecule is CCn1c(COc2ccccc2)nnc1SCC(=O)Nc1ccc(OC)c(Cl)c1. The first-order chi connectivity index (χ1) is 14.1. The van der Waals surface area contributed by atoms with E-state index in [1.807, 2.05) is 41.8 Å². The van der Waals surface area contributed by atoms with Crippen molar-refractivity contribution in [2.75, 3.05) is 18.2 Å². The van der Waals surface area contributed by atoms with Crippen LogP contribution in [0.1, 0.15) is 12.7 Å². The van der Waals surface area contributed by atoms with Gasteiger partial charge in [0.25, 0.3) is 0 Å². The Kier molecular flexibility index (Phi) is 7.37. The Bertz CT molecular complexity index is 966. The maximum Gasteiger partial charge on any atom is 0.234 e. The van der Waals surface area contributed by atoms with Crippen LogP contribution in [-0.4, -0.2) is 33.5 Å². The smallest absolute Gasteiger partial charge is 0.234 e. The van der Waals surface area contributed by atoms with Crippen LogP contribution in [0, 0.1) is 0 Å². The number of benzene rings is 2. The fourth-order valence-corrected chi connectivity index (χ4v) is 3.67.